The molecule has 4 heteroatoms. The quantitative estimate of drug-likeness (QED) is 0.919. The van der Waals surface area contributed by atoms with Gasteiger partial charge in [-0.1, -0.05) is 30.3 Å². The third-order valence-electron chi connectivity index (χ3n) is 4.10. The molecule has 2 rings (SSSR count). The normalized spacial score (nSPS) is 18.9. The van der Waals surface area contributed by atoms with Crippen LogP contribution >= 0.6 is 0 Å². The first-order chi connectivity index (χ1) is 8.77. The molecule has 0 aliphatic carbocycles. The fraction of sp³-hybridized carbons (Fsp3) is 0.600. The highest BCUT2D eigenvalue weighted by molar-refractivity contribution is 7.92. The Morgan fingerprint density at radius 3 is 2.16 bits per heavy atom. The molecule has 0 atom stereocenters. The maximum Gasteiger partial charge on any atom is 0.155 e. The average molecular weight is 281 g/mol. The van der Waals surface area contributed by atoms with Gasteiger partial charge in [0.1, 0.15) is 0 Å². The third kappa shape index (κ3) is 2.84. The van der Waals surface area contributed by atoms with E-state index < -0.39 is 14.6 Å². The summed E-state index contributed by atoms with van der Waals surface area (Å²) in [6.07, 6.45) is 0.698. The Hall–Kier alpha value is -0.870. The predicted octanol–water partition coefficient (Wildman–Crippen LogP) is 2.13. The predicted molar refractivity (Wildman–Crippen MR) is 79.1 cm³/mol. The van der Waals surface area contributed by atoms with Crippen molar-refractivity contribution in [2.75, 3.05) is 18.8 Å². The van der Waals surface area contributed by atoms with Crippen LogP contribution in [0.25, 0.3) is 0 Å². The standard InChI is InChI=1S/C15H23NO2S/c1-14(2,3)19(17,18)10-9-15(11-16-12-15)13-7-5-4-6-8-13/h4-8,16H,9-12H2,1-3H3. The van der Waals surface area contributed by atoms with E-state index in [1.807, 2.05) is 18.2 Å². The van der Waals surface area contributed by atoms with Gasteiger partial charge in [-0.2, -0.15) is 0 Å². The fourth-order valence-electron chi connectivity index (χ4n) is 2.38. The van der Waals surface area contributed by atoms with Crippen LogP contribution in [0.4, 0.5) is 0 Å². The third-order valence-corrected chi connectivity index (χ3v) is 6.70. The Bertz CT molecular complexity index is 525. The van der Waals surface area contributed by atoms with E-state index in [-0.39, 0.29) is 11.2 Å². The van der Waals surface area contributed by atoms with E-state index >= 15 is 0 Å². The van der Waals surface area contributed by atoms with Crippen molar-refractivity contribution in [2.45, 2.75) is 37.4 Å². The zero-order valence-corrected chi connectivity index (χ0v) is 12.8. The summed E-state index contributed by atoms with van der Waals surface area (Å²) in [4.78, 5) is 0. The molecule has 19 heavy (non-hydrogen) atoms. The van der Waals surface area contributed by atoms with Crippen LogP contribution in [-0.2, 0) is 15.3 Å². The smallest absolute Gasteiger partial charge is 0.155 e. The molecule has 0 aromatic heterocycles. The highest BCUT2D eigenvalue weighted by Crippen LogP contribution is 2.33. The maximum atomic E-state index is 12.2. The van der Waals surface area contributed by atoms with E-state index in [0.29, 0.717) is 6.42 Å². The molecule has 1 aliphatic heterocycles. The molecular formula is C15H23NO2S. The summed E-state index contributed by atoms with van der Waals surface area (Å²) in [7, 11) is -3.04. The van der Waals surface area contributed by atoms with Crippen molar-refractivity contribution in [3.8, 4) is 0 Å². The van der Waals surface area contributed by atoms with E-state index in [0.717, 1.165) is 13.1 Å². The summed E-state index contributed by atoms with van der Waals surface area (Å²) >= 11 is 0. The van der Waals surface area contributed by atoms with Gasteiger partial charge in [0.15, 0.2) is 9.84 Å². The number of hydrogen-bond donors (Lipinski definition) is 1. The van der Waals surface area contributed by atoms with Gasteiger partial charge in [0.2, 0.25) is 0 Å². The SMILES string of the molecule is CC(C)(C)S(=O)(=O)CCC1(c2ccccc2)CNC1. The van der Waals surface area contributed by atoms with E-state index in [1.54, 1.807) is 20.8 Å². The number of nitrogens with one attached hydrogen (secondary N) is 1. The Labute approximate surface area is 116 Å². The highest BCUT2D eigenvalue weighted by atomic mass is 32.2. The lowest BCUT2D eigenvalue weighted by atomic mass is 9.73. The number of rotatable bonds is 4. The van der Waals surface area contributed by atoms with Crippen molar-refractivity contribution >= 4 is 9.84 Å². The molecule has 3 nitrogen and oxygen atoms in total. The maximum absolute atomic E-state index is 12.2. The summed E-state index contributed by atoms with van der Waals surface area (Å²) in [5.41, 5.74) is 1.25. The first kappa shape index (κ1) is 14.5. The Kier molecular flexibility index (Phi) is 3.76. The summed E-state index contributed by atoms with van der Waals surface area (Å²) in [5, 5.41) is 3.28. The first-order valence-electron chi connectivity index (χ1n) is 6.75. The van der Waals surface area contributed by atoms with Crippen LogP contribution in [0.15, 0.2) is 30.3 Å². The van der Waals surface area contributed by atoms with Crippen molar-refractivity contribution in [1.82, 2.24) is 5.32 Å². The van der Waals surface area contributed by atoms with Crippen molar-refractivity contribution in [2.24, 2.45) is 0 Å². The Morgan fingerprint density at radius 1 is 1.16 bits per heavy atom. The van der Waals surface area contributed by atoms with Gasteiger partial charge in [0.25, 0.3) is 0 Å². The Morgan fingerprint density at radius 2 is 1.74 bits per heavy atom. The van der Waals surface area contributed by atoms with Gasteiger partial charge >= 0.3 is 0 Å². The molecule has 0 bridgehead atoms. The lowest BCUT2D eigenvalue weighted by Crippen LogP contribution is -2.57. The van der Waals surface area contributed by atoms with Crippen LogP contribution in [0, 0.1) is 0 Å². The summed E-state index contributed by atoms with van der Waals surface area (Å²) in [6, 6.07) is 10.2. The monoisotopic (exact) mass is 281 g/mol. The van der Waals surface area contributed by atoms with Gasteiger partial charge in [-0.15, -0.1) is 0 Å². The number of hydrogen-bond acceptors (Lipinski definition) is 3. The van der Waals surface area contributed by atoms with Crippen molar-refractivity contribution in [3.63, 3.8) is 0 Å². The van der Waals surface area contributed by atoms with Gasteiger partial charge < -0.3 is 5.32 Å². The molecule has 0 spiro atoms. The first-order valence-corrected chi connectivity index (χ1v) is 8.41. The van der Waals surface area contributed by atoms with Crippen molar-refractivity contribution < 1.29 is 8.42 Å². The minimum absolute atomic E-state index is 0.000417. The second-order valence-electron chi connectivity index (χ2n) is 6.43. The van der Waals surface area contributed by atoms with E-state index in [2.05, 4.69) is 17.4 Å². The van der Waals surface area contributed by atoms with Gasteiger partial charge in [-0.25, -0.2) is 8.42 Å². The van der Waals surface area contributed by atoms with Crippen LogP contribution in [0.3, 0.4) is 0 Å². The molecule has 1 fully saturated rings. The minimum Gasteiger partial charge on any atom is -0.315 e. The van der Waals surface area contributed by atoms with Crippen LogP contribution in [0.5, 0.6) is 0 Å². The molecule has 0 radical (unpaired) electrons. The largest absolute Gasteiger partial charge is 0.315 e. The zero-order chi connectivity index (χ0) is 14.1. The molecule has 1 saturated heterocycles. The summed E-state index contributed by atoms with van der Waals surface area (Å²) in [6.45, 7) is 7.07. The molecule has 0 unspecified atom stereocenters. The van der Waals surface area contributed by atoms with E-state index in [1.165, 1.54) is 5.56 Å². The van der Waals surface area contributed by atoms with Crippen LogP contribution in [0.1, 0.15) is 32.8 Å². The van der Waals surface area contributed by atoms with Crippen molar-refractivity contribution in [1.29, 1.82) is 0 Å². The van der Waals surface area contributed by atoms with Crippen molar-refractivity contribution in [3.05, 3.63) is 35.9 Å². The Balaban J connectivity index is 2.14. The highest BCUT2D eigenvalue weighted by Gasteiger charge is 2.40. The molecule has 1 N–H and O–H groups in total. The van der Waals surface area contributed by atoms with E-state index in [9.17, 15) is 8.42 Å². The minimum atomic E-state index is -3.04. The average Bonchev–Trinajstić information content (AvgIpc) is 2.27. The van der Waals surface area contributed by atoms with Crippen LogP contribution in [0.2, 0.25) is 0 Å². The van der Waals surface area contributed by atoms with Gasteiger partial charge in [0.05, 0.1) is 10.5 Å². The molecule has 1 aromatic rings. The molecule has 1 aromatic carbocycles. The van der Waals surface area contributed by atoms with Crippen LogP contribution < -0.4 is 5.32 Å². The molecule has 1 aliphatic rings. The molecule has 106 valence electrons. The molecular weight excluding hydrogens is 258 g/mol. The number of benzene rings is 1. The van der Waals surface area contributed by atoms with Crippen LogP contribution in [-0.4, -0.2) is 32.0 Å². The lowest BCUT2D eigenvalue weighted by molar-refractivity contribution is 0.268. The van der Waals surface area contributed by atoms with Gasteiger partial charge in [0, 0.05) is 18.5 Å². The molecule has 0 saturated carbocycles. The fourth-order valence-corrected chi connectivity index (χ4v) is 3.65. The van der Waals surface area contributed by atoms with Gasteiger partial charge in [-0.3, -0.25) is 0 Å². The lowest BCUT2D eigenvalue weighted by Gasteiger charge is -2.43. The molecule has 1 heterocycles. The number of sulfone groups is 1. The second kappa shape index (κ2) is 4.91. The van der Waals surface area contributed by atoms with E-state index in [4.69, 9.17) is 0 Å². The summed E-state index contributed by atoms with van der Waals surface area (Å²) < 4.78 is 23.8. The van der Waals surface area contributed by atoms with Gasteiger partial charge in [-0.05, 0) is 32.8 Å². The topological polar surface area (TPSA) is 46.2 Å². The zero-order valence-electron chi connectivity index (χ0n) is 11.9. The molecule has 0 amide bonds. The second-order valence-corrected chi connectivity index (χ2v) is 9.29. The summed E-state index contributed by atoms with van der Waals surface area (Å²) in [5.74, 6) is 0.257.